The van der Waals surface area contributed by atoms with Gasteiger partial charge in [0.05, 0.1) is 6.54 Å². The molecule has 0 saturated carbocycles. The minimum Gasteiger partial charge on any atom is -0.352 e. The minimum absolute atomic E-state index is 0.107. The van der Waals surface area contributed by atoms with E-state index in [4.69, 9.17) is 5.73 Å². The Balaban J connectivity index is 1.94. The predicted molar refractivity (Wildman–Crippen MR) is 59.3 cm³/mol. The average Bonchev–Trinajstić information content (AvgIpc) is 2.86. The van der Waals surface area contributed by atoms with Crippen LogP contribution in [0.1, 0.15) is 18.5 Å². The van der Waals surface area contributed by atoms with Crippen molar-refractivity contribution in [1.82, 2.24) is 14.3 Å². The summed E-state index contributed by atoms with van der Waals surface area (Å²) in [5.74, 6) is 0. The number of aryl methyl sites for hydroxylation is 2. The Kier molecular flexibility index (Phi) is 2.87. The SMILES string of the molecule is CC(N)c1ccn(CCn2cccn2)c1. The van der Waals surface area contributed by atoms with Crippen LogP contribution in [-0.4, -0.2) is 14.3 Å². The summed E-state index contributed by atoms with van der Waals surface area (Å²) < 4.78 is 4.06. The summed E-state index contributed by atoms with van der Waals surface area (Å²) in [4.78, 5) is 0. The second-order valence-electron chi connectivity index (χ2n) is 3.74. The smallest absolute Gasteiger partial charge is 0.0588 e. The maximum Gasteiger partial charge on any atom is 0.0588 e. The van der Waals surface area contributed by atoms with E-state index in [1.165, 1.54) is 5.56 Å². The highest BCUT2D eigenvalue weighted by atomic mass is 15.3. The quantitative estimate of drug-likeness (QED) is 0.818. The lowest BCUT2D eigenvalue weighted by Gasteiger charge is -2.03. The fourth-order valence-electron chi connectivity index (χ4n) is 1.52. The molecule has 0 spiro atoms. The van der Waals surface area contributed by atoms with Crippen molar-refractivity contribution in [2.24, 2.45) is 5.73 Å². The van der Waals surface area contributed by atoms with E-state index in [1.807, 2.05) is 23.9 Å². The van der Waals surface area contributed by atoms with Gasteiger partial charge in [0.2, 0.25) is 0 Å². The third-order valence-corrected chi connectivity index (χ3v) is 2.45. The molecule has 0 fully saturated rings. The van der Waals surface area contributed by atoms with Gasteiger partial charge in [-0.2, -0.15) is 5.10 Å². The molecular weight excluding hydrogens is 188 g/mol. The van der Waals surface area contributed by atoms with Crippen LogP contribution in [0.3, 0.4) is 0 Å². The zero-order chi connectivity index (χ0) is 10.7. The van der Waals surface area contributed by atoms with Gasteiger partial charge in [-0.3, -0.25) is 4.68 Å². The molecule has 0 radical (unpaired) electrons. The Hall–Kier alpha value is -1.55. The monoisotopic (exact) mass is 204 g/mol. The van der Waals surface area contributed by atoms with Gasteiger partial charge in [0.1, 0.15) is 0 Å². The molecule has 4 nitrogen and oxygen atoms in total. The predicted octanol–water partition coefficient (Wildman–Crippen LogP) is 1.40. The molecule has 0 bridgehead atoms. The molecular formula is C11H16N4. The van der Waals surface area contributed by atoms with Crippen molar-refractivity contribution in [3.05, 3.63) is 42.5 Å². The molecule has 2 rings (SSSR count). The zero-order valence-electron chi connectivity index (χ0n) is 8.87. The van der Waals surface area contributed by atoms with E-state index < -0.39 is 0 Å². The van der Waals surface area contributed by atoms with Crippen LogP contribution in [0.25, 0.3) is 0 Å². The summed E-state index contributed by atoms with van der Waals surface area (Å²) in [6.45, 7) is 3.81. The lowest BCUT2D eigenvalue weighted by atomic mass is 10.2. The van der Waals surface area contributed by atoms with Gasteiger partial charge in [-0.1, -0.05) is 0 Å². The third-order valence-electron chi connectivity index (χ3n) is 2.45. The van der Waals surface area contributed by atoms with E-state index in [0.717, 1.165) is 13.1 Å². The molecule has 0 aromatic carbocycles. The molecule has 0 aliphatic heterocycles. The Morgan fingerprint density at radius 2 is 2.27 bits per heavy atom. The topological polar surface area (TPSA) is 48.8 Å². The van der Waals surface area contributed by atoms with Gasteiger partial charge in [-0.25, -0.2) is 0 Å². The maximum absolute atomic E-state index is 5.79. The number of aromatic nitrogens is 3. The van der Waals surface area contributed by atoms with Gasteiger partial charge in [0.15, 0.2) is 0 Å². The second kappa shape index (κ2) is 4.31. The van der Waals surface area contributed by atoms with Crippen LogP contribution in [0.15, 0.2) is 36.9 Å². The zero-order valence-corrected chi connectivity index (χ0v) is 8.87. The number of rotatable bonds is 4. The minimum atomic E-state index is 0.107. The average molecular weight is 204 g/mol. The number of hydrogen-bond donors (Lipinski definition) is 1. The van der Waals surface area contributed by atoms with Crippen LogP contribution in [0.5, 0.6) is 0 Å². The van der Waals surface area contributed by atoms with Crippen molar-refractivity contribution in [1.29, 1.82) is 0 Å². The number of nitrogens with zero attached hydrogens (tertiary/aromatic N) is 3. The lowest BCUT2D eigenvalue weighted by molar-refractivity contribution is 0.534. The number of hydrogen-bond acceptors (Lipinski definition) is 2. The molecule has 2 N–H and O–H groups in total. The first-order chi connectivity index (χ1) is 7.25. The molecule has 0 aliphatic rings. The molecule has 4 heteroatoms. The first-order valence-electron chi connectivity index (χ1n) is 5.14. The van der Waals surface area contributed by atoms with Crippen LogP contribution in [0.2, 0.25) is 0 Å². The summed E-state index contributed by atoms with van der Waals surface area (Å²) in [5.41, 5.74) is 6.96. The molecule has 2 aromatic rings. The molecule has 2 heterocycles. The van der Waals surface area contributed by atoms with E-state index >= 15 is 0 Å². The molecule has 80 valence electrons. The van der Waals surface area contributed by atoms with Crippen LogP contribution < -0.4 is 5.73 Å². The summed E-state index contributed by atoms with van der Waals surface area (Å²) in [7, 11) is 0. The van der Waals surface area contributed by atoms with Crippen molar-refractivity contribution < 1.29 is 0 Å². The van der Waals surface area contributed by atoms with Crippen molar-refractivity contribution in [3.63, 3.8) is 0 Å². The fourth-order valence-corrected chi connectivity index (χ4v) is 1.52. The van der Waals surface area contributed by atoms with E-state index in [9.17, 15) is 0 Å². The fraction of sp³-hybridized carbons (Fsp3) is 0.364. The largest absolute Gasteiger partial charge is 0.352 e. The van der Waals surface area contributed by atoms with Gasteiger partial charge < -0.3 is 10.3 Å². The first kappa shape index (κ1) is 9.98. The van der Waals surface area contributed by atoms with Crippen molar-refractivity contribution in [2.75, 3.05) is 0 Å². The summed E-state index contributed by atoms with van der Waals surface area (Å²) in [6, 6.07) is 4.10. The van der Waals surface area contributed by atoms with Gasteiger partial charge in [-0.15, -0.1) is 0 Å². The Morgan fingerprint density at radius 1 is 1.40 bits per heavy atom. The first-order valence-corrected chi connectivity index (χ1v) is 5.14. The van der Waals surface area contributed by atoms with Gasteiger partial charge in [0.25, 0.3) is 0 Å². The van der Waals surface area contributed by atoms with Crippen molar-refractivity contribution in [2.45, 2.75) is 26.1 Å². The highest BCUT2D eigenvalue weighted by molar-refractivity contribution is 5.13. The van der Waals surface area contributed by atoms with Crippen molar-refractivity contribution >= 4 is 0 Å². The number of nitrogens with two attached hydrogens (primary N) is 1. The molecule has 0 amide bonds. The molecule has 0 saturated heterocycles. The van der Waals surface area contributed by atoms with Gasteiger partial charge in [-0.05, 0) is 24.6 Å². The van der Waals surface area contributed by atoms with Crippen molar-refractivity contribution in [3.8, 4) is 0 Å². The van der Waals surface area contributed by atoms with Crippen LogP contribution in [-0.2, 0) is 13.1 Å². The van der Waals surface area contributed by atoms with Crippen LogP contribution in [0, 0.1) is 0 Å². The van der Waals surface area contributed by atoms with E-state index in [2.05, 4.69) is 28.1 Å². The van der Waals surface area contributed by atoms with E-state index in [0.29, 0.717) is 0 Å². The maximum atomic E-state index is 5.79. The summed E-state index contributed by atoms with van der Waals surface area (Å²) >= 11 is 0. The highest BCUT2D eigenvalue weighted by Gasteiger charge is 2.01. The highest BCUT2D eigenvalue weighted by Crippen LogP contribution is 2.09. The van der Waals surface area contributed by atoms with Crippen LogP contribution >= 0.6 is 0 Å². The van der Waals surface area contributed by atoms with E-state index in [1.54, 1.807) is 6.20 Å². The van der Waals surface area contributed by atoms with Gasteiger partial charge in [0, 0.05) is 37.4 Å². The normalized spacial score (nSPS) is 12.9. The third kappa shape index (κ3) is 2.47. The summed E-state index contributed by atoms with van der Waals surface area (Å²) in [6.07, 6.45) is 7.91. The molecule has 0 aliphatic carbocycles. The molecule has 2 aromatic heterocycles. The Morgan fingerprint density at radius 3 is 2.87 bits per heavy atom. The van der Waals surface area contributed by atoms with Gasteiger partial charge >= 0.3 is 0 Å². The van der Waals surface area contributed by atoms with Crippen LogP contribution in [0.4, 0.5) is 0 Å². The molecule has 1 unspecified atom stereocenters. The summed E-state index contributed by atoms with van der Waals surface area (Å²) in [5, 5.41) is 4.15. The van der Waals surface area contributed by atoms with E-state index in [-0.39, 0.29) is 6.04 Å². The molecule has 15 heavy (non-hydrogen) atoms. The Bertz CT molecular complexity index is 400. The lowest BCUT2D eigenvalue weighted by Crippen LogP contribution is -2.07. The molecule has 1 atom stereocenters. The standard InChI is InChI=1S/C11H16N4/c1-10(12)11-3-6-14(9-11)7-8-15-5-2-4-13-15/h2-6,9-10H,7-8,12H2,1H3. The Labute approximate surface area is 89.3 Å². The second-order valence-corrected chi connectivity index (χ2v) is 3.74.